The van der Waals surface area contributed by atoms with E-state index in [0.29, 0.717) is 11.4 Å². The van der Waals surface area contributed by atoms with E-state index in [2.05, 4.69) is 40.6 Å². The molecule has 0 aliphatic rings. The summed E-state index contributed by atoms with van der Waals surface area (Å²) in [7, 11) is 0. The van der Waals surface area contributed by atoms with Gasteiger partial charge in [-0.2, -0.15) is 4.98 Å². The van der Waals surface area contributed by atoms with Gasteiger partial charge in [0.05, 0.1) is 18.4 Å². The second-order valence-electron chi connectivity index (χ2n) is 8.64. The number of benzene rings is 1. The van der Waals surface area contributed by atoms with Gasteiger partial charge in [-0.05, 0) is 36.2 Å². The number of nitrogens with zero attached hydrogens (tertiary/aromatic N) is 6. The number of carbonyl (C=O) groups is 4. The Morgan fingerprint density at radius 3 is 2.52 bits per heavy atom. The highest BCUT2D eigenvalue weighted by atomic mass is 16.4. The number of aromatic amines is 1. The van der Waals surface area contributed by atoms with E-state index in [4.69, 9.17) is 17.0 Å². The van der Waals surface area contributed by atoms with Crippen molar-refractivity contribution in [2.45, 2.75) is 37.8 Å². The summed E-state index contributed by atoms with van der Waals surface area (Å²) in [5, 5.41) is 18.6. The maximum atomic E-state index is 13.0. The van der Waals surface area contributed by atoms with Gasteiger partial charge in [0, 0.05) is 42.0 Å². The second kappa shape index (κ2) is 12.8. The van der Waals surface area contributed by atoms with E-state index >= 15 is 0 Å². The van der Waals surface area contributed by atoms with Gasteiger partial charge in [0.1, 0.15) is 11.3 Å². The average molecular weight is 552 g/mol. The zero-order chi connectivity index (χ0) is 29.3. The summed E-state index contributed by atoms with van der Waals surface area (Å²) in [5.74, 6) is -3.79. The average Bonchev–Trinajstić information content (AvgIpc) is 2.91. The van der Waals surface area contributed by atoms with Crippen molar-refractivity contribution in [2.24, 2.45) is 10.8 Å². The number of ketones is 1. The van der Waals surface area contributed by atoms with Crippen LogP contribution >= 0.6 is 0 Å². The number of amides is 2. The number of aromatic nitrogens is 4. The Balaban J connectivity index is 1.72. The maximum absolute atomic E-state index is 13.0. The molecule has 0 radical (unpaired) electrons. The molecular weight excluding hydrogens is 526 g/mol. The number of nitrogen functional groups attached to an aromatic ring is 1. The van der Waals surface area contributed by atoms with Gasteiger partial charge in [-0.15, -0.1) is 0 Å². The van der Waals surface area contributed by atoms with Gasteiger partial charge in [0.2, 0.25) is 11.9 Å². The fourth-order valence-corrected chi connectivity index (χ4v) is 3.69. The highest BCUT2D eigenvalue weighted by Crippen LogP contribution is 2.22. The molecule has 17 heteroatoms. The lowest BCUT2D eigenvalue weighted by atomic mass is 9.86. The number of primary amides is 1. The molecule has 0 saturated carbocycles. The number of carboxylic acid groups (broad SMARTS) is 1. The summed E-state index contributed by atoms with van der Waals surface area (Å²) in [6.07, 6.45) is -0.277. The van der Waals surface area contributed by atoms with Crippen LogP contribution in [-0.4, -0.2) is 60.7 Å². The molecule has 1 unspecified atom stereocenters. The standard InChI is InChI=1S/C23H25N11O6/c24-16(36)5-7-23(21(39)40,9-15(35)6-8-29-34-26)33-19(37)12-1-3-13(4-2-12)27-10-14-11-28-18-17(30-14)20(38)32-22(25)31-18/h1-4,11,27H,5-10H2,(H2,24,36)(H,33,37)(H,39,40)(H3,25,28,31,32,38). The van der Waals surface area contributed by atoms with E-state index in [0.717, 1.165) is 0 Å². The van der Waals surface area contributed by atoms with Crippen LogP contribution < -0.4 is 27.7 Å². The maximum Gasteiger partial charge on any atom is 0.329 e. The zero-order valence-corrected chi connectivity index (χ0v) is 21.0. The fraction of sp³-hybridized carbons (Fsp3) is 0.304. The van der Waals surface area contributed by atoms with Gasteiger partial charge in [0.25, 0.3) is 11.5 Å². The number of hydrogen-bond donors (Lipinski definition) is 6. The summed E-state index contributed by atoms with van der Waals surface area (Å²) in [6.45, 7) is -0.0123. The Morgan fingerprint density at radius 1 is 1.15 bits per heavy atom. The fourth-order valence-electron chi connectivity index (χ4n) is 3.69. The Morgan fingerprint density at radius 2 is 1.88 bits per heavy atom. The Kier molecular flexibility index (Phi) is 9.27. The Labute approximate surface area is 225 Å². The van der Waals surface area contributed by atoms with Gasteiger partial charge in [0.15, 0.2) is 11.2 Å². The molecule has 0 fully saturated rings. The highest BCUT2D eigenvalue weighted by molar-refractivity contribution is 6.00. The van der Waals surface area contributed by atoms with Crippen LogP contribution in [0.4, 0.5) is 11.6 Å². The van der Waals surface area contributed by atoms with Crippen molar-refractivity contribution in [3.05, 3.63) is 62.5 Å². The number of carboxylic acids is 1. The number of fused-ring (bicyclic) bond motifs is 1. The van der Waals surface area contributed by atoms with Crippen molar-refractivity contribution < 1.29 is 24.3 Å². The lowest BCUT2D eigenvalue weighted by Crippen LogP contribution is -2.56. The third-order valence-electron chi connectivity index (χ3n) is 5.72. The van der Waals surface area contributed by atoms with Crippen LogP contribution in [0.1, 0.15) is 41.7 Å². The smallest absolute Gasteiger partial charge is 0.329 e. The Bertz CT molecular complexity index is 1550. The molecule has 8 N–H and O–H groups in total. The van der Waals surface area contributed by atoms with Gasteiger partial charge in [-0.25, -0.2) is 14.8 Å². The van der Waals surface area contributed by atoms with E-state index in [1.54, 1.807) is 12.1 Å². The molecule has 17 nitrogen and oxygen atoms in total. The van der Waals surface area contributed by atoms with E-state index < -0.39 is 53.9 Å². The molecule has 40 heavy (non-hydrogen) atoms. The molecule has 3 aromatic rings. The number of carbonyl (C=O) groups excluding carboxylic acids is 3. The van der Waals surface area contributed by atoms with Gasteiger partial charge in [-0.3, -0.25) is 24.2 Å². The van der Waals surface area contributed by atoms with Crippen molar-refractivity contribution in [3.63, 3.8) is 0 Å². The molecule has 0 saturated heterocycles. The lowest BCUT2D eigenvalue weighted by molar-refractivity contribution is -0.147. The summed E-state index contributed by atoms with van der Waals surface area (Å²) < 4.78 is 0. The van der Waals surface area contributed by atoms with Crippen molar-refractivity contribution in [2.75, 3.05) is 17.6 Å². The molecule has 2 heterocycles. The number of nitrogens with two attached hydrogens (primary N) is 2. The lowest BCUT2D eigenvalue weighted by Gasteiger charge is -2.30. The van der Waals surface area contributed by atoms with E-state index in [1.807, 2.05) is 0 Å². The van der Waals surface area contributed by atoms with Crippen LogP contribution in [0.2, 0.25) is 0 Å². The van der Waals surface area contributed by atoms with Crippen molar-refractivity contribution >= 4 is 46.4 Å². The normalized spacial score (nSPS) is 12.1. The highest BCUT2D eigenvalue weighted by Gasteiger charge is 2.42. The van der Waals surface area contributed by atoms with Crippen LogP contribution in [-0.2, 0) is 20.9 Å². The number of Topliss-reactive ketones (excluding diaryl/α,β-unsaturated/α-hetero) is 1. The zero-order valence-electron chi connectivity index (χ0n) is 21.0. The first-order valence-corrected chi connectivity index (χ1v) is 11.7. The van der Waals surface area contributed by atoms with Crippen molar-refractivity contribution in [3.8, 4) is 0 Å². The van der Waals surface area contributed by atoms with Crippen LogP contribution in [0.5, 0.6) is 0 Å². The second-order valence-corrected chi connectivity index (χ2v) is 8.64. The molecule has 1 atom stereocenters. The molecule has 0 spiro atoms. The molecule has 3 rings (SSSR count). The molecule has 2 aromatic heterocycles. The number of rotatable bonds is 14. The molecular formula is C23H25N11O6. The number of nitrogens with one attached hydrogen (secondary N) is 3. The molecule has 0 aliphatic heterocycles. The number of azide groups is 1. The summed E-state index contributed by atoms with van der Waals surface area (Å²) in [4.78, 5) is 78.0. The monoisotopic (exact) mass is 551 g/mol. The van der Waals surface area contributed by atoms with E-state index in [-0.39, 0.29) is 42.2 Å². The minimum atomic E-state index is -2.11. The predicted octanol–water partition coefficient (Wildman–Crippen LogP) is 0.386. The quantitative estimate of drug-likeness (QED) is 0.0904. The van der Waals surface area contributed by atoms with E-state index in [9.17, 15) is 29.1 Å². The third-order valence-corrected chi connectivity index (χ3v) is 5.72. The minimum Gasteiger partial charge on any atom is -0.479 e. The van der Waals surface area contributed by atoms with Gasteiger partial charge in [-0.1, -0.05) is 5.11 Å². The summed E-state index contributed by atoms with van der Waals surface area (Å²) >= 11 is 0. The molecule has 208 valence electrons. The number of hydrogen-bond acceptors (Lipinski definition) is 11. The van der Waals surface area contributed by atoms with Crippen LogP contribution in [0, 0.1) is 0 Å². The van der Waals surface area contributed by atoms with Crippen LogP contribution in [0.15, 0.2) is 40.4 Å². The summed E-state index contributed by atoms with van der Waals surface area (Å²) in [5.41, 5.74) is 17.6. The molecule has 1 aromatic carbocycles. The van der Waals surface area contributed by atoms with Gasteiger partial charge >= 0.3 is 5.97 Å². The Hall–Kier alpha value is -5.57. The molecule has 2 amide bonds. The summed E-state index contributed by atoms with van der Waals surface area (Å²) in [6, 6.07) is 5.95. The first-order chi connectivity index (χ1) is 19.0. The number of anilines is 2. The third kappa shape index (κ3) is 7.48. The first kappa shape index (κ1) is 29.0. The van der Waals surface area contributed by atoms with Crippen LogP contribution in [0.3, 0.4) is 0 Å². The largest absolute Gasteiger partial charge is 0.479 e. The SMILES string of the molecule is [N-]=[N+]=NCCC(=O)CC(CCC(N)=O)(NC(=O)c1ccc(NCc2cnc3nc(N)[nH]c(=O)c3n2)cc1)C(=O)O. The van der Waals surface area contributed by atoms with Crippen molar-refractivity contribution in [1.29, 1.82) is 0 Å². The molecule has 0 aliphatic carbocycles. The van der Waals surface area contributed by atoms with Gasteiger partial charge < -0.3 is 27.2 Å². The number of H-pyrrole nitrogens is 1. The first-order valence-electron chi connectivity index (χ1n) is 11.7. The van der Waals surface area contributed by atoms with E-state index in [1.165, 1.54) is 18.3 Å². The van der Waals surface area contributed by atoms with Crippen molar-refractivity contribution in [1.82, 2.24) is 25.3 Å². The predicted molar refractivity (Wildman–Crippen MR) is 141 cm³/mol. The topological polar surface area (TPSA) is 285 Å². The molecule has 0 bridgehead atoms. The minimum absolute atomic E-state index is 0.0232. The van der Waals surface area contributed by atoms with Crippen LogP contribution in [0.25, 0.3) is 21.6 Å². The number of aliphatic carboxylic acids is 1.